The highest BCUT2D eigenvalue weighted by molar-refractivity contribution is 5.46. The number of anilines is 1. The zero-order chi connectivity index (χ0) is 12.4. The standard InChI is InChI=1S/C15H19N3/c16-11-12-7-8-17-15(10-12)18-9-3-5-13-4-1-2-6-14(13)18/h7-8,10,13-14H,1-6,9H2/t13-,14-/m1/s1. The number of hydrogen-bond acceptors (Lipinski definition) is 3. The Bertz CT molecular complexity index is 461. The van der Waals surface area contributed by atoms with E-state index in [0.717, 1.165) is 23.8 Å². The zero-order valence-corrected chi connectivity index (χ0v) is 10.7. The van der Waals surface area contributed by atoms with Crippen LogP contribution in [-0.2, 0) is 0 Å². The fourth-order valence-corrected chi connectivity index (χ4v) is 3.55. The molecule has 1 aliphatic carbocycles. The van der Waals surface area contributed by atoms with E-state index in [-0.39, 0.29) is 0 Å². The molecule has 0 N–H and O–H groups in total. The SMILES string of the molecule is N#Cc1ccnc(N2CCC[C@H]3CCCC[C@H]32)c1. The van der Waals surface area contributed by atoms with Crippen LogP contribution >= 0.6 is 0 Å². The van der Waals surface area contributed by atoms with Gasteiger partial charge in [0.2, 0.25) is 0 Å². The van der Waals surface area contributed by atoms with Crippen molar-refractivity contribution in [3.05, 3.63) is 23.9 Å². The molecule has 1 aliphatic heterocycles. The summed E-state index contributed by atoms with van der Waals surface area (Å²) in [5.74, 6) is 1.85. The van der Waals surface area contributed by atoms with E-state index >= 15 is 0 Å². The van der Waals surface area contributed by atoms with Crippen LogP contribution in [0.1, 0.15) is 44.1 Å². The van der Waals surface area contributed by atoms with Gasteiger partial charge in [-0.3, -0.25) is 0 Å². The molecule has 0 radical (unpaired) electrons. The average Bonchev–Trinajstić information content (AvgIpc) is 2.47. The van der Waals surface area contributed by atoms with Crippen molar-refractivity contribution in [1.29, 1.82) is 5.26 Å². The van der Waals surface area contributed by atoms with E-state index in [0.29, 0.717) is 6.04 Å². The maximum Gasteiger partial charge on any atom is 0.130 e. The average molecular weight is 241 g/mol. The van der Waals surface area contributed by atoms with Gasteiger partial charge in [-0.1, -0.05) is 12.8 Å². The molecule has 0 spiro atoms. The van der Waals surface area contributed by atoms with Gasteiger partial charge in [-0.25, -0.2) is 4.98 Å². The Hall–Kier alpha value is -1.56. The lowest BCUT2D eigenvalue weighted by molar-refractivity contribution is 0.243. The summed E-state index contributed by atoms with van der Waals surface area (Å²) in [6.45, 7) is 1.10. The second-order valence-corrected chi connectivity index (χ2v) is 5.46. The lowest BCUT2D eigenvalue weighted by Gasteiger charge is -2.44. The number of piperidine rings is 1. The van der Waals surface area contributed by atoms with Gasteiger partial charge in [0.1, 0.15) is 5.82 Å². The van der Waals surface area contributed by atoms with Gasteiger partial charge in [-0.05, 0) is 43.7 Å². The molecule has 0 bridgehead atoms. The summed E-state index contributed by atoms with van der Waals surface area (Å²) in [6.07, 6.45) is 9.80. The Morgan fingerprint density at radius 1 is 1.22 bits per heavy atom. The molecule has 0 unspecified atom stereocenters. The first-order chi connectivity index (χ1) is 8.88. The fourth-order valence-electron chi connectivity index (χ4n) is 3.55. The van der Waals surface area contributed by atoms with E-state index in [4.69, 9.17) is 5.26 Å². The summed E-state index contributed by atoms with van der Waals surface area (Å²) in [5, 5.41) is 9.00. The predicted octanol–water partition coefficient (Wildman–Crippen LogP) is 3.11. The van der Waals surface area contributed by atoms with Crippen molar-refractivity contribution in [3.8, 4) is 6.07 Å². The molecule has 2 atom stereocenters. The second-order valence-electron chi connectivity index (χ2n) is 5.46. The highest BCUT2D eigenvalue weighted by Gasteiger charge is 2.33. The Balaban J connectivity index is 1.87. The number of nitrogens with zero attached hydrogens (tertiary/aromatic N) is 3. The van der Waals surface area contributed by atoms with Crippen molar-refractivity contribution in [2.75, 3.05) is 11.4 Å². The molecule has 3 heteroatoms. The molecule has 94 valence electrons. The van der Waals surface area contributed by atoms with Gasteiger partial charge in [0.25, 0.3) is 0 Å². The minimum absolute atomic E-state index is 0.661. The molecule has 0 amide bonds. The summed E-state index contributed by atoms with van der Waals surface area (Å²) in [7, 11) is 0. The number of fused-ring (bicyclic) bond motifs is 1. The third kappa shape index (κ3) is 2.08. The van der Waals surface area contributed by atoms with Gasteiger partial charge in [0.15, 0.2) is 0 Å². The van der Waals surface area contributed by atoms with Crippen LogP contribution < -0.4 is 4.90 Å². The van der Waals surface area contributed by atoms with Crippen molar-refractivity contribution in [2.24, 2.45) is 5.92 Å². The van der Waals surface area contributed by atoms with Crippen LogP contribution in [0.5, 0.6) is 0 Å². The Kier molecular flexibility index (Phi) is 3.19. The molecule has 2 aliphatic rings. The summed E-state index contributed by atoms with van der Waals surface area (Å²) in [5.41, 5.74) is 0.720. The Morgan fingerprint density at radius 2 is 2.06 bits per heavy atom. The van der Waals surface area contributed by atoms with Gasteiger partial charge in [0.05, 0.1) is 11.6 Å². The van der Waals surface area contributed by atoms with Crippen molar-refractivity contribution in [1.82, 2.24) is 4.98 Å². The van der Waals surface area contributed by atoms with Crippen molar-refractivity contribution >= 4 is 5.82 Å². The molecule has 3 nitrogen and oxygen atoms in total. The summed E-state index contributed by atoms with van der Waals surface area (Å²) in [6, 6.07) is 6.60. The monoisotopic (exact) mass is 241 g/mol. The second kappa shape index (κ2) is 4.97. The third-order valence-corrected chi connectivity index (χ3v) is 4.41. The fraction of sp³-hybridized carbons (Fsp3) is 0.600. The van der Waals surface area contributed by atoms with E-state index in [9.17, 15) is 0 Å². The Morgan fingerprint density at radius 3 is 2.94 bits per heavy atom. The molecule has 3 rings (SSSR count). The van der Waals surface area contributed by atoms with E-state index in [1.54, 1.807) is 12.3 Å². The van der Waals surface area contributed by atoms with E-state index in [2.05, 4.69) is 16.0 Å². The summed E-state index contributed by atoms with van der Waals surface area (Å²) in [4.78, 5) is 6.93. The molecule has 2 fully saturated rings. The minimum Gasteiger partial charge on any atom is -0.353 e. The summed E-state index contributed by atoms with van der Waals surface area (Å²) < 4.78 is 0. The van der Waals surface area contributed by atoms with Crippen LogP contribution in [0.25, 0.3) is 0 Å². The first-order valence-electron chi connectivity index (χ1n) is 7.01. The van der Waals surface area contributed by atoms with Crippen LogP contribution in [0.4, 0.5) is 5.82 Å². The first kappa shape index (κ1) is 11.5. The van der Waals surface area contributed by atoms with Crippen molar-refractivity contribution in [3.63, 3.8) is 0 Å². The van der Waals surface area contributed by atoms with Crippen LogP contribution in [0.15, 0.2) is 18.3 Å². The van der Waals surface area contributed by atoms with Crippen LogP contribution in [-0.4, -0.2) is 17.6 Å². The quantitative estimate of drug-likeness (QED) is 0.758. The van der Waals surface area contributed by atoms with Crippen molar-refractivity contribution < 1.29 is 0 Å². The van der Waals surface area contributed by atoms with Gasteiger partial charge in [0, 0.05) is 18.8 Å². The molecule has 1 saturated heterocycles. The van der Waals surface area contributed by atoms with Gasteiger partial charge in [-0.2, -0.15) is 5.26 Å². The molecule has 2 heterocycles. The highest BCUT2D eigenvalue weighted by Crippen LogP contribution is 2.37. The number of pyridine rings is 1. The third-order valence-electron chi connectivity index (χ3n) is 4.41. The lowest BCUT2D eigenvalue weighted by atomic mass is 9.78. The minimum atomic E-state index is 0.661. The van der Waals surface area contributed by atoms with E-state index < -0.39 is 0 Å². The normalized spacial score (nSPS) is 27.4. The maximum atomic E-state index is 9.00. The largest absolute Gasteiger partial charge is 0.353 e. The molecule has 0 aromatic carbocycles. The molecule has 1 saturated carbocycles. The molecular formula is C15H19N3. The number of rotatable bonds is 1. The lowest BCUT2D eigenvalue weighted by Crippen LogP contribution is -2.47. The van der Waals surface area contributed by atoms with Crippen LogP contribution in [0, 0.1) is 17.2 Å². The molecular weight excluding hydrogens is 222 g/mol. The maximum absolute atomic E-state index is 9.00. The highest BCUT2D eigenvalue weighted by atomic mass is 15.2. The molecule has 18 heavy (non-hydrogen) atoms. The van der Waals surface area contributed by atoms with E-state index in [1.807, 2.05) is 6.07 Å². The zero-order valence-electron chi connectivity index (χ0n) is 10.7. The topological polar surface area (TPSA) is 39.9 Å². The van der Waals surface area contributed by atoms with Gasteiger partial charge >= 0.3 is 0 Å². The molecule has 1 aromatic rings. The Labute approximate surface area is 108 Å². The van der Waals surface area contributed by atoms with Crippen molar-refractivity contribution in [2.45, 2.75) is 44.6 Å². The van der Waals surface area contributed by atoms with Gasteiger partial charge in [-0.15, -0.1) is 0 Å². The predicted molar refractivity (Wildman–Crippen MR) is 71.3 cm³/mol. The summed E-state index contributed by atoms with van der Waals surface area (Å²) >= 11 is 0. The first-order valence-corrected chi connectivity index (χ1v) is 7.01. The van der Waals surface area contributed by atoms with Gasteiger partial charge < -0.3 is 4.90 Å². The molecule has 1 aromatic heterocycles. The van der Waals surface area contributed by atoms with Crippen LogP contribution in [0.2, 0.25) is 0 Å². The number of hydrogen-bond donors (Lipinski definition) is 0. The number of aromatic nitrogens is 1. The number of nitriles is 1. The van der Waals surface area contributed by atoms with Crippen LogP contribution in [0.3, 0.4) is 0 Å². The smallest absolute Gasteiger partial charge is 0.130 e. The van der Waals surface area contributed by atoms with E-state index in [1.165, 1.54) is 38.5 Å².